The molecule has 0 bridgehead atoms. The molecule has 4 heterocycles. The summed E-state index contributed by atoms with van der Waals surface area (Å²) in [6.07, 6.45) is 6.97. The number of nitrogens with one attached hydrogen (secondary N) is 2. The maximum Gasteiger partial charge on any atom is 0.280 e. The highest BCUT2D eigenvalue weighted by atomic mass is 16.3. The van der Waals surface area contributed by atoms with Gasteiger partial charge in [-0.05, 0) is 42.9 Å². The van der Waals surface area contributed by atoms with Gasteiger partial charge in [0.25, 0.3) is 17.7 Å². The number of anilines is 1. The number of aromatic nitrogens is 1. The highest BCUT2D eigenvalue weighted by Crippen LogP contribution is 2.33. The maximum atomic E-state index is 13.2. The fourth-order valence-electron chi connectivity index (χ4n) is 4.80. The van der Waals surface area contributed by atoms with Gasteiger partial charge >= 0.3 is 0 Å². The van der Waals surface area contributed by atoms with E-state index in [1.165, 1.54) is 11.1 Å². The minimum absolute atomic E-state index is 0.0651. The molecule has 2 unspecified atom stereocenters. The third-order valence-corrected chi connectivity index (χ3v) is 6.57. The number of hydrogen-bond donors (Lipinski definition) is 3. The van der Waals surface area contributed by atoms with Crippen LogP contribution in [0.1, 0.15) is 32.3 Å². The summed E-state index contributed by atoms with van der Waals surface area (Å²) in [5.74, 6) is -0.975. The summed E-state index contributed by atoms with van der Waals surface area (Å²) in [5, 5.41) is 15.3. The zero-order valence-corrected chi connectivity index (χ0v) is 19.4. The highest BCUT2D eigenvalue weighted by molar-refractivity contribution is 6.19. The topological polar surface area (TPSA) is 118 Å². The molecule has 34 heavy (non-hydrogen) atoms. The minimum Gasteiger partial charge on any atom is -0.494 e. The Morgan fingerprint density at radius 3 is 2.88 bits per heavy atom. The van der Waals surface area contributed by atoms with Crippen molar-refractivity contribution >= 4 is 23.5 Å². The van der Waals surface area contributed by atoms with Gasteiger partial charge in [0.15, 0.2) is 5.57 Å². The van der Waals surface area contributed by atoms with E-state index in [9.17, 15) is 19.5 Å². The number of carbonyl (C=O) groups excluding carboxylic acids is 3. The average molecular weight is 467 g/mol. The maximum absolute atomic E-state index is 13.2. The first-order chi connectivity index (χ1) is 16.3. The van der Waals surface area contributed by atoms with E-state index in [1.807, 2.05) is 26.0 Å². The molecule has 10 heteroatoms. The normalized spacial score (nSPS) is 24.3. The number of fused-ring (bicyclic) bond motifs is 2. The summed E-state index contributed by atoms with van der Waals surface area (Å²) in [6, 6.07) is 3.90. The van der Waals surface area contributed by atoms with E-state index >= 15 is 0 Å². The second-order valence-electron chi connectivity index (χ2n) is 9.69. The van der Waals surface area contributed by atoms with Gasteiger partial charge in [0, 0.05) is 37.8 Å². The number of carbonyl (C=O) groups is 3. The van der Waals surface area contributed by atoms with E-state index in [-0.39, 0.29) is 35.2 Å². The van der Waals surface area contributed by atoms with Crippen LogP contribution in [0.3, 0.4) is 0 Å². The van der Waals surface area contributed by atoms with Crippen LogP contribution < -0.4 is 15.6 Å². The fourth-order valence-corrected chi connectivity index (χ4v) is 4.80. The first kappa shape index (κ1) is 22.4. The van der Waals surface area contributed by atoms with Crippen molar-refractivity contribution in [2.24, 2.45) is 11.8 Å². The van der Waals surface area contributed by atoms with Gasteiger partial charge in [-0.15, -0.1) is 0 Å². The van der Waals surface area contributed by atoms with Gasteiger partial charge in [-0.2, -0.15) is 0 Å². The van der Waals surface area contributed by atoms with E-state index in [0.29, 0.717) is 25.5 Å². The molecule has 3 N–H and O–H groups in total. The van der Waals surface area contributed by atoms with Crippen LogP contribution in [-0.2, 0) is 20.8 Å². The molecule has 1 saturated carbocycles. The van der Waals surface area contributed by atoms with Gasteiger partial charge < -0.3 is 15.3 Å². The van der Waals surface area contributed by atoms with Crippen LogP contribution in [0.5, 0.6) is 0 Å². The number of nitrogens with zero attached hydrogens (tertiary/aromatic N) is 4. The number of pyridine rings is 1. The molecule has 1 saturated heterocycles. The van der Waals surface area contributed by atoms with Crippen molar-refractivity contribution < 1.29 is 19.5 Å². The van der Waals surface area contributed by atoms with Crippen molar-refractivity contribution in [1.82, 2.24) is 25.6 Å². The van der Waals surface area contributed by atoms with Crippen LogP contribution in [0, 0.1) is 11.8 Å². The Morgan fingerprint density at radius 1 is 1.35 bits per heavy atom. The quantitative estimate of drug-likeness (QED) is 0.420. The van der Waals surface area contributed by atoms with Crippen molar-refractivity contribution in [3.05, 3.63) is 47.5 Å². The molecule has 0 spiro atoms. The van der Waals surface area contributed by atoms with Crippen molar-refractivity contribution in [1.29, 1.82) is 0 Å². The molecule has 3 aliphatic heterocycles. The Bertz CT molecular complexity index is 1080. The lowest BCUT2D eigenvalue weighted by molar-refractivity contribution is -0.142. The van der Waals surface area contributed by atoms with Crippen molar-refractivity contribution in [3.8, 4) is 0 Å². The van der Waals surface area contributed by atoms with Crippen LogP contribution in [0.4, 0.5) is 5.82 Å². The molecule has 2 fully saturated rings. The largest absolute Gasteiger partial charge is 0.494 e. The lowest BCUT2D eigenvalue weighted by atomic mass is 10.0. The number of aliphatic hydroxyl groups is 1. The fraction of sp³-hybridized carbons (Fsp3) is 0.500. The molecule has 180 valence electrons. The summed E-state index contributed by atoms with van der Waals surface area (Å²) >= 11 is 0. The van der Waals surface area contributed by atoms with E-state index in [2.05, 4.69) is 15.7 Å². The summed E-state index contributed by atoms with van der Waals surface area (Å²) < 4.78 is 0. The van der Waals surface area contributed by atoms with Gasteiger partial charge in [-0.25, -0.2) is 15.4 Å². The molecule has 5 rings (SSSR count). The number of amides is 3. The Labute approximate surface area is 198 Å². The minimum atomic E-state index is -0.555. The first-order valence-electron chi connectivity index (χ1n) is 11.9. The second-order valence-corrected chi connectivity index (χ2v) is 9.69. The number of hydrogen-bond acceptors (Lipinski definition) is 7. The van der Waals surface area contributed by atoms with Crippen molar-refractivity contribution in [2.75, 3.05) is 24.5 Å². The third kappa shape index (κ3) is 4.02. The number of hydrazine groups is 1. The summed E-state index contributed by atoms with van der Waals surface area (Å²) in [7, 11) is 0. The molecule has 10 nitrogen and oxygen atoms in total. The molecule has 3 amide bonds. The van der Waals surface area contributed by atoms with E-state index in [0.717, 1.165) is 24.8 Å². The molecular weight excluding hydrogens is 436 g/mol. The zero-order chi connectivity index (χ0) is 24.0. The van der Waals surface area contributed by atoms with Gasteiger partial charge in [-0.3, -0.25) is 19.3 Å². The predicted molar refractivity (Wildman–Crippen MR) is 124 cm³/mol. The lowest BCUT2D eigenvalue weighted by Gasteiger charge is -2.42. The monoisotopic (exact) mass is 466 g/mol. The van der Waals surface area contributed by atoms with E-state index in [4.69, 9.17) is 0 Å². The molecule has 0 aromatic carbocycles. The van der Waals surface area contributed by atoms with E-state index < -0.39 is 18.0 Å². The Balaban J connectivity index is 1.38. The summed E-state index contributed by atoms with van der Waals surface area (Å²) in [6.45, 7) is 5.44. The number of aliphatic hydroxyl groups excluding tert-OH is 1. The molecule has 4 aliphatic rings. The van der Waals surface area contributed by atoms with Gasteiger partial charge in [0.1, 0.15) is 12.0 Å². The molecule has 0 radical (unpaired) electrons. The Morgan fingerprint density at radius 2 is 2.15 bits per heavy atom. The Kier molecular flexibility index (Phi) is 5.76. The summed E-state index contributed by atoms with van der Waals surface area (Å²) in [4.78, 5) is 46.5. The average Bonchev–Trinajstić information content (AvgIpc) is 3.34. The SMILES string of the molecule is CC(C)CN1C(O)=C(C(=O)NC2CC2)C(=O)N2NCC(/C=C/C(=O)N3CCc4cccnc43)C12. The van der Waals surface area contributed by atoms with Gasteiger partial charge in [-0.1, -0.05) is 26.0 Å². The standard InChI is InChI=1S/C24H30N6O4/c1-14(2)13-29-22-16(5-8-18(31)28-11-9-15-4-3-10-25-20(15)28)12-26-30(22)24(34)19(23(29)33)21(32)27-17-6-7-17/h3-5,8,10,14,16-17,22,26,33H,6-7,9,11-13H2,1-2H3,(H,27,32)/b8-5+. The summed E-state index contributed by atoms with van der Waals surface area (Å²) in [5.41, 5.74) is 3.88. The lowest BCUT2D eigenvalue weighted by Crippen LogP contribution is -2.59. The predicted octanol–water partition coefficient (Wildman–Crippen LogP) is 0.836. The molecule has 2 atom stereocenters. The zero-order valence-electron chi connectivity index (χ0n) is 19.4. The van der Waals surface area contributed by atoms with E-state index in [1.54, 1.807) is 22.1 Å². The molecule has 1 aromatic rings. The highest BCUT2D eigenvalue weighted by Gasteiger charge is 2.49. The molecular formula is C24H30N6O4. The van der Waals surface area contributed by atoms with Gasteiger partial charge in [0.2, 0.25) is 5.88 Å². The van der Waals surface area contributed by atoms with Crippen molar-refractivity contribution in [2.45, 2.75) is 45.3 Å². The smallest absolute Gasteiger partial charge is 0.280 e. The first-order valence-corrected chi connectivity index (χ1v) is 11.9. The van der Waals surface area contributed by atoms with Gasteiger partial charge in [0.05, 0.1) is 0 Å². The van der Waals surface area contributed by atoms with Crippen molar-refractivity contribution in [3.63, 3.8) is 0 Å². The molecule has 1 aliphatic carbocycles. The third-order valence-electron chi connectivity index (χ3n) is 6.57. The molecule has 1 aromatic heterocycles. The van der Waals surface area contributed by atoms with Crippen LogP contribution in [0.2, 0.25) is 0 Å². The van der Waals surface area contributed by atoms with Crippen LogP contribution in [0.25, 0.3) is 0 Å². The number of rotatable bonds is 6. The van der Waals surface area contributed by atoms with Crippen LogP contribution in [-0.4, -0.2) is 69.6 Å². The van der Waals surface area contributed by atoms with Crippen LogP contribution in [0.15, 0.2) is 41.9 Å². The Hall–Kier alpha value is -3.40. The second kappa shape index (κ2) is 8.75. The van der Waals surface area contributed by atoms with Crippen LogP contribution >= 0.6 is 0 Å².